The summed E-state index contributed by atoms with van der Waals surface area (Å²) in [5.41, 5.74) is 2.95. The third-order valence-electron chi connectivity index (χ3n) is 4.59. The highest BCUT2D eigenvalue weighted by Crippen LogP contribution is 2.27. The van der Waals surface area contributed by atoms with Gasteiger partial charge in [-0.05, 0) is 25.5 Å². The van der Waals surface area contributed by atoms with E-state index in [9.17, 15) is 0 Å². The molecule has 0 unspecified atom stereocenters. The van der Waals surface area contributed by atoms with Gasteiger partial charge in [0.1, 0.15) is 0 Å². The third kappa shape index (κ3) is 3.18. The van der Waals surface area contributed by atoms with E-state index in [4.69, 9.17) is 4.74 Å². The quantitative estimate of drug-likeness (QED) is 0.759. The molecule has 1 atom stereocenters. The van der Waals surface area contributed by atoms with Crippen molar-refractivity contribution >= 4 is 0 Å². The van der Waals surface area contributed by atoms with Crippen molar-refractivity contribution in [2.75, 3.05) is 59.5 Å². The Morgan fingerprint density at radius 3 is 2.40 bits per heavy atom. The van der Waals surface area contributed by atoms with Crippen molar-refractivity contribution in [2.24, 2.45) is 5.92 Å². The topological polar surface area (TPSA) is 19.0 Å². The van der Waals surface area contributed by atoms with E-state index >= 15 is 0 Å². The van der Waals surface area contributed by atoms with Gasteiger partial charge < -0.3 is 19.4 Å². The largest absolute Gasteiger partial charge is 0.378 e. The lowest BCUT2D eigenvalue weighted by Crippen LogP contribution is -2.44. The minimum Gasteiger partial charge on any atom is -0.378 e. The van der Waals surface area contributed by atoms with Gasteiger partial charge in [0.2, 0.25) is 0 Å². The molecule has 2 aliphatic heterocycles. The van der Waals surface area contributed by atoms with Crippen LogP contribution in [0.3, 0.4) is 0 Å². The monoisotopic (exact) mass is 277 g/mol. The van der Waals surface area contributed by atoms with Crippen LogP contribution in [0.2, 0.25) is 0 Å². The molecule has 0 bridgehead atoms. The molecule has 0 amide bonds. The Morgan fingerprint density at radius 2 is 1.70 bits per heavy atom. The molecule has 112 valence electrons. The zero-order valence-electron chi connectivity index (χ0n) is 12.8. The van der Waals surface area contributed by atoms with Crippen LogP contribution in [0.5, 0.6) is 0 Å². The van der Waals surface area contributed by atoms with E-state index in [0.717, 1.165) is 39.4 Å². The molecule has 2 saturated heterocycles. The molecule has 0 saturated carbocycles. The van der Waals surface area contributed by atoms with E-state index in [1.807, 2.05) is 0 Å². The maximum Gasteiger partial charge on any atom is 0.0642 e. The molecule has 0 aromatic carbocycles. The van der Waals surface area contributed by atoms with E-state index in [1.54, 1.807) is 0 Å². The summed E-state index contributed by atoms with van der Waals surface area (Å²) in [6, 6.07) is 0. The Kier molecular flexibility index (Phi) is 4.32. The predicted octanol–water partition coefficient (Wildman–Crippen LogP) is 1.37. The fourth-order valence-electron chi connectivity index (χ4n) is 3.29. The molecule has 4 heteroatoms. The predicted molar refractivity (Wildman–Crippen MR) is 81.4 cm³/mol. The maximum atomic E-state index is 5.47. The lowest BCUT2D eigenvalue weighted by Gasteiger charge is -2.39. The van der Waals surface area contributed by atoms with Gasteiger partial charge >= 0.3 is 0 Å². The van der Waals surface area contributed by atoms with Crippen LogP contribution in [0, 0.1) is 5.92 Å². The second-order valence-electron chi connectivity index (χ2n) is 6.30. The molecule has 0 aromatic heterocycles. The number of allylic oxidation sites excluding steroid dienone is 3. The number of hydrogen-bond donors (Lipinski definition) is 0. The smallest absolute Gasteiger partial charge is 0.0642 e. The summed E-state index contributed by atoms with van der Waals surface area (Å²) in [5.74, 6) is 0.646. The standard InChI is InChI=1S/C16H27N3O/c1-14-11-15(18-5-3-17(2)4-6-18)13-16(12-14)19-7-9-20-10-8-19/h11,13-14H,3-10,12H2,1-2H3/t14-/m0/s1. The molecule has 2 fully saturated rings. The number of piperazine rings is 1. The maximum absolute atomic E-state index is 5.47. The van der Waals surface area contributed by atoms with Gasteiger partial charge in [0, 0.05) is 50.7 Å². The first-order valence-electron chi connectivity index (χ1n) is 7.91. The van der Waals surface area contributed by atoms with Crippen molar-refractivity contribution in [3.05, 3.63) is 23.5 Å². The molecule has 3 rings (SSSR count). The van der Waals surface area contributed by atoms with E-state index in [-0.39, 0.29) is 0 Å². The van der Waals surface area contributed by atoms with Gasteiger partial charge in [0.05, 0.1) is 13.2 Å². The number of ether oxygens (including phenoxy) is 1. The molecular formula is C16H27N3O. The summed E-state index contributed by atoms with van der Waals surface area (Å²) >= 11 is 0. The lowest BCUT2D eigenvalue weighted by atomic mass is 9.96. The van der Waals surface area contributed by atoms with Gasteiger partial charge in [-0.25, -0.2) is 0 Å². The van der Waals surface area contributed by atoms with Crippen molar-refractivity contribution in [2.45, 2.75) is 13.3 Å². The molecule has 4 nitrogen and oxygen atoms in total. The summed E-state index contributed by atoms with van der Waals surface area (Å²) in [6.45, 7) is 10.8. The first-order valence-corrected chi connectivity index (χ1v) is 7.91. The Balaban J connectivity index is 1.71. The highest BCUT2D eigenvalue weighted by Gasteiger charge is 2.22. The zero-order chi connectivity index (χ0) is 13.9. The SMILES string of the molecule is C[C@H]1C=C(N2CCN(C)CC2)C=C(N2CCOCC2)C1. The average molecular weight is 277 g/mol. The molecule has 0 radical (unpaired) electrons. The Labute approximate surface area is 122 Å². The highest BCUT2D eigenvalue weighted by molar-refractivity contribution is 5.28. The summed E-state index contributed by atoms with van der Waals surface area (Å²) in [4.78, 5) is 7.48. The van der Waals surface area contributed by atoms with Crippen molar-refractivity contribution < 1.29 is 4.74 Å². The molecule has 1 aliphatic carbocycles. The normalized spacial score (nSPS) is 29.2. The molecule has 20 heavy (non-hydrogen) atoms. The van der Waals surface area contributed by atoms with E-state index in [1.165, 1.54) is 30.9 Å². The van der Waals surface area contributed by atoms with E-state index in [2.05, 4.69) is 40.8 Å². The van der Waals surface area contributed by atoms with Gasteiger partial charge in [-0.1, -0.05) is 13.0 Å². The molecule has 0 N–H and O–H groups in total. The average Bonchev–Trinajstić information content (AvgIpc) is 2.48. The molecule has 2 heterocycles. The zero-order valence-corrected chi connectivity index (χ0v) is 12.8. The van der Waals surface area contributed by atoms with Gasteiger partial charge in [-0.15, -0.1) is 0 Å². The summed E-state index contributed by atoms with van der Waals surface area (Å²) in [5, 5.41) is 0. The van der Waals surface area contributed by atoms with Crippen molar-refractivity contribution in [1.29, 1.82) is 0 Å². The lowest BCUT2D eigenvalue weighted by molar-refractivity contribution is 0.0510. The number of nitrogens with zero attached hydrogens (tertiary/aromatic N) is 3. The van der Waals surface area contributed by atoms with Gasteiger partial charge in [0.25, 0.3) is 0 Å². The van der Waals surface area contributed by atoms with Gasteiger partial charge in [-0.2, -0.15) is 0 Å². The molecule has 3 aliphatic rings. The molecule has 0 aromatic rings. The molecular weight excluding hydrogens is 250 g/mol. The summed E-state index contributed by atoms with van der Waals surface area (Å²) < 4.78 is 5.47. The third-order valence-corrected chi connectivity index (χ3v) is 4.59. The summed E-state index contributed by atoms with van der Waals surface area (Å²) in [7, 11) is 2.21. The van der Waals surface area contributed by atoms with Crippen LogP contribution in [-0.4, -0.2) is 74.2 Å². The van der Waals surface area contributed by atoms with Crippen LogP contribution in [0.1, 0.15) is 13.3 Å². The summed E-state index contributed by atoms with van der Waals surface area (Å²) in [6.07, 6.45) is 6.06. The Hall–Kier alpha value is -1.00. The fourth-order valence-corrected chi connectivity index (χ4v) is 3.29. The number of morpholine rings is 1. The van der Waals surface area contributed by atoms with Crippen LogP contribution in [0.4, 0.5) is 0 Å². The van der Waals surface area contributed by atoms with Crippen LogP contribution >= 0.6 is 0 Å². The van der Waals surface area contributed by atoms with Gasteiger partial charge in [-0.3, -0.25) is 0 Å². The molecule has 0 spiro atoms. The van der Waals surface area contributed by atoms with Gasteiger partial charge in [0.15, 0.2) is 0 Å². The highest BCUT2D eigenvalue weighted by atomic mass is 16.5. The van der Waals surface area contributed by atoms with Crippen LogP contribution in [-0.2, 0) is 4.74 Å². The van der Waals surface area contributed by atoms with Crippen LogP contribution < -0.4 is 0 Å². The Bertz CT molecular complexity index is 391. The Morgan fingerprint density at radius 1 is 1.00 bits per heavy atom. The van der Waals surface area contributed by atoms with Crippen molar-refractivity contribution in [1.82, 2.24) is 14.7 Å². The van der Waals surface area contributed by atoms with E-state index in [0.29, 0.717) is 5.92 Å². The second-order valence-corrected chi connectivity index (χ2v) is 6.30. The van der Waals surface area contributed by atoms with Crippen molar-refractivity contribution in [3.63, 3.8) is 0 Å². The number of likely N-dealkylation sites (N-methyl/N-ethyl adjacent to an activating group) is 1. The minimum absolute atomic E-state index is 0.646. The first kappa shape index (κ1) is 14.0. The van der Waals surface area contributed by atoms with Crippen molar-refractivity contribution in [3.8, 4) is 0 Å². The fraction of sp³-hybridized carbons (Fsp3) is 0.750. The first-order chi connectivity index (χ1) is 9.72. The second kappa shape index (κ2) is 6.19. The van der Waals surface area contributed by atoms with Crippen LogP contribution in [0.25, 0.3) is 0 Å². The number of hydrogen-bond acceptors (Lipinski definition) is 4. The van der Waals surface area contributed by atoms with E-state index < -0.39 is 0 Å². The number of rotatable bonds is 2. The minimum atomic E-state index is 0.646. The van der Waals surface area contributed by atoms with Crippen LogP contribution in [0.15, 0.2) is 23.5 Å².